The second-order valence-electron chi connectivity index (χ2n) is 8.56. The number of nitrogens with zero attached hydrogens (tertiary/aromatic N) is 1. The summed E-state index contributed by atoms with van der Waals surface area (Å²) in [5.41, 5.74) is -0.663. The van der Waals surface area contributed by atoms with Gasteiger partial charge in [0.1, 0.15) is 23.8 Å². The van der Waals surface area contributed by atoms with Gasteiger partial charge in [0.05, 0.1) is 6.61 Å². The molecule has 9 heteroatoms. The molecule has 174 valence electrons. The van der Waals surface area contributed by atoms with Crippen molar-refractivity contribution in [2.75, 3.05) is 13.2 Å². The Bertz CT molecular complexity index is 1030. The van der Waals surface area contributed by atoms with E-state index in [1.807, 2.05) is 50.2 Å². The van der Waals surface area contributed by atoms with Crippen LogP contribution in [-0.2, 0) is 25.7 Å². The van der Waals surface area contributed by atoms with E-state index in [4.69, 9.17) is 9.47 Å². The van der Waals surface area contributed by atoms with Gasteiger partial charge in [0.2, 0.25) is 0 Å². The van der Waals surface area contributed by atoms with E-state index in [0.29, 0.717) is 5.75 Å². The SMILES string of the molecule is CC1(C)S[C@H]2N(C(=O)[C@@]2(CO)NC(=O)COc2ccccc2)[C@H]1C(=O)OCc1ccccc1. The van der Waals surface area contributed by atoms with Crippen LogP contribution in [0, 0.1) is 0 Å². The Morgan fingerprint density at radius 2 is 1.73 bits per heavy atom. The van der Waals surface area contributed by atoms with Crippen molar-refractivity contribution in [3.05, 3.63) is 66.2 Å². The molecule has 2 aromatic carbocycles. The molecule has 0 aliphatic carbocycles. The Morgan fingerprint density at radius 3 is 2.36 bits per heavy atom. The number of para-hydroxylation sites is 1. The zero-order valence-corrected chi connectivity index (χ0v) is 19.2. The first-order valence-electron chi connectivity index (χ1n) is 10.6. The first-order valence-corrected chi connectivity index (χ1v) is 11.5. The van der Waals surface area contributed by atoms with Crippen LogP contribution in [0.2, 0.25) is 0 Å². The number of hydrogen-bond donors (Lipinski definition) is 2. The van der Waals surface area contributed by atoms with Crippen LogP contribution in [0.15, 0.2) is 60.7 Å². The maximum Gasteiger partial charge on any atom is 0.330 e. The average molecular weight is 471 g/mol. The van der Waals surface area contributed by atoms with Crippen molar-refractivity contribution in [2.45, 2.75) is 42.2 Å². The number of thioether (sulfide) groups is 1. The predicted octanol–water partition coefficient (Wildman–Crippen LogP) is 1.72. The third-order valence-corrected chi connectivity index (χ3v) is 7.50. The lowest BCUT2D eigenvalue weighted by Gasteiger charge is -2.52. The fourth-order valence-electron chi connectivity index (χ4n) is 4.17. The molecule has 2 aromatic rings. The van der Waals surface area contributed by atoms with Crippen LogP contribution in [0.5, 0.6) is 5.75 Å². The second kappa shape index (κ2) is 9.07. The van der Waals surface area contributed by atoms with Gasteiger partial charge < -0.3 is 24.8 Å². The van der Waals surface area contributed by atoms with Gasteiger partial charge in [0, 0.05) is 4.75 Å². The van der Waals surface area contributed by atoms with Crippen molar-refractivity contribution in [3.8, 4) is 5.75 Å². The molecule has 2 amide bonds. The Labute approximate surface area is 196 Å². The van der Waals surface area contributed by atoms with Crippen molar-refractivity contribution >= 4 is 29.5 Å². The van der Waals surface area contributed by atoms with Crippen LogP contribution < -0.4 is 10.1 Å². The van der Waals surface area contributed by atoms with Crippen molar-refractivity contribution in [2.24, 2.45) is 0 Å². The topological polar surface area (TPSA) is 105 Å². The van der Waals surface area contributed by atoms with Crippen LogP contribution in [-0.4, -0.2) is 62.7 Å². The molecule has 0 aromatic heterocycles. The zero-order valence-electron chi connectivity index (χ0n) is 18.4. The molecular formula is C24H26N2O6S. The van der Waals surface area contributed by atoms with E-state index < -0.39 is 46.1 Å². The van der Waals surface area contributed by atoms with Crippen LogP contribution in [0.1, 0.15) is 19.4 Å². The minimum Gasteiger partial charge on any atom is -0.484 e. The largest absolute Gasteiger partial charge is 0.484 e. The summed E-state index contributed by atoms with van der Waals surface area (Å²) >= 11 is 1.36. The Kier molecular flexibility index (Phi) is 6.36. The zero-order chi connectivity index (χ0) is 23.6. The first kappa shape index (κ1) is 23.1. The van der Waals surface area contributed by atoms with Crippen molar-refractivity contribution < 1.29 is 29.0 Å². The normalized spacial score (nSPS) is 25.1. The molecular weight excluding hydrogens is 444 g/mol. The molecule has 33 heavy (non-hydrogen) atoms. The van der Waals surface area contributed by atoms with Gasteiger partial charge in [-0.15, -0.1) is 11.8 Å². The van der Waals surface area contributed by atoms with Gasteiger partial charge in [-0.3, -0.25) is 9.59 Å². The van der Waals surface area contributed by atoms with Gasteiger partial charge >= 0.3 is 5.97 Å². The number of esters is 1. The van der Waals surface area contributed by atoms with Gasteiger partial charge in [-0.2, -0.15) is 0 Å². The van der Waals surface area contributed by atoms with E-state index in [9.17, 15) is 19.5 Å². The number of ether oxygens (including phenoxy) is 2. The van der Waals surface area contributed by atoms with Crippen molar-refractivity contribution in [1.29, 1.82) is 0 Å². The quantitative estimate of drug-likeness (QED) is 0.447. The second-order valence-corrected chi connectivity index (χ2v) is 10.3. The summed E-state index contributed by atoms with van der Waals surface area (Å²) in [6.45, 7) is 2.91. The first-order chi connectivity index (χ1) is 15.8. The summed E-state index contributed by atoms with van der Waals surface area (Å²) in [5.74, 6) is -1.04. The molecule has 3 atom stereocenters. The van der Waals surface area contributed by atoms with Crippen molar-refractivity contribution in [1.82, 2.24) is 10.2 Å². The number of carbonyl (C=O) groups excluding carboxylic acids is 3. The third kappa shape index (κ3) is 4.30. The highest BCUT2D eigenvalue weighted by Crippen LogP contribution is 2.55. The molecule has 0 saturated carbocycles. The summed E-state index contributed by atoms with van der Waals surface area (Å²) in [6.07, 6.45) is 0. The van der Waals surface area contributed by atoms with Crippen LogP contribution in [0.25, 0.3) is 0 Å². The summed E-state index contributed by atoms with van der Waals surface area (Å²) in [4.78, 5) is 40.1. The predicted molar refractivity (Wildman–Crippen MR) is 122 cm³/mol. The number of fused-ring (bicyclic) bond motifs is 1. The maximum atomic E-state index is 13.2. The lowest BCUT2D eigenvalue weighted by Crippen LogP contribution is -2.81. The molecule has 0 bridgehead atoms. The number of rotatable bonds is 8. The van der Waals surface area contributed by atoms with Gasteiger partial charge in [-0.25, -0.2) is 4.79 Å². The van der Waals surface area contributed by atoms with E-state index in [0.717, 1.165) is 5.56 Å². The molecule has 2 heterocycles. The van der Waals surface area contributed by atoms with Gasteiger partial charge in [-0.05, 0) is 31.5 Å². The van der Waals surface area contributed by atoms with Crippen LogP contribution in [0.3, 0.4) is 0 Å². The number of carbonyl (C=O) groups is 3. The number of benzene rings is 2. The minimum absolute atomic E-state index is 0.0995. The lowest BCUT2D eigenvalue weighted by molar-refractivity contribution is -0.174. The molecule has 2 fully saturated rings. The monoisotopic (exact) mass is 470 g/mol. The average Bonchev–Trinajstić information content (AvgIpc) is 3.09. The standard InChI is InChI=1S/C24H26N2O6S/c1-23(2)19(20(29)32-13-16-9-5-3-6-10-16)26-21(30)24(15-27,22(26)33-23)25-18(28)14-31-17-11-7-4-8-12-17/h3-12,19,22,27H,13-15H2,1-2H3,(H,25,28)/t19-,22+,24+/m0/s1. The lowest BCUT2D eigenvalue weighted by atomic mass is 9.85. The molecule has 0 radical (unpaired) electrons. The van der Waals surface area contributed by atoms with E-state index in [2.05, 4.69) is 5.32 Å². The number of β-lactam (4-membered cyclic amide) rings is 1. The van der Waals surface area contributed by atoms with Gasteiger partial charge in [-0.1, -0.05) is 48.5 Å². The summed E-state index contributed by atoms with van der Waals surface area (Å²) in [5, 5.41) is 12.2. The van der Waals surface area contributed by atoms with Crippen molar-refractivity contribution in [3.63, 3.8) is 0 Å². The molecule has 0 unspecified atom stereocenters. The molecule has 2 aliphatic rings. The highest BCUT2D eigenvalue weighted by Gasteiger charge is 2.72. The molecule has 2 saturated heterocycles. The number of hydrogen-bond acceptors (Lipinski definition) is 7. The van der Waals surface area contributed by atoms with E-state index >= 15 is 0 Å². The molecule has 2 aliphatic heterocycles. The summed E-state index contributed by atoms with van der Waals surface area (Å²) in [6, 6.07) is 17.3. The number of aliphatic hydroxyl groups excluding tert-OH is 1. The number of nitrogens with one attached hydrogen (secondary N) is 1. The fraction of sp³-hybridized carbons (Fsp3) is 0.375. The Hall–Kier alpha value is -3.04. The van der Waals surface area contributed by atoms with E-state index in [1.165, 1.54) is 16.7 Å². The molecule has 4 rings (SSSR count). The number of aliphatic hydroxyl groups is 1. The van der Waals surface area contributed by atoms with Crippen LogP contribution in [0.4, 0.5) is 0 Å². The summed E-state index contributed by atoms with van der Waals surface area (Å²) in [7, 11) is 0. The third-order valence-electron chi connectivity index (χ3n) is 5.81. The van der Waals surface area contributed by atoms with Gasteiger partial charge in [0.15, 0.2) is 12.1 Å². The highest BCUT2D eigenvalue weighted by atomic mass is 32.2. The molecule has 8 nitrogen and oxygen atoms in total. The van der Waals surface area contributed by atoms with Gasteiger partial charge in [0.25, 0.3) is 11.8 Å². The van der Waals surface area contributed by atoms with Crippen LogP contribution >= 0.6 is 11.8 Å². The fourth-order valence-corrected chi connectivity index (χ4v) is 5.85. The Morgan fingerprint density at radius 1 is 1.09 bits per heavy atom. The number of amides is 2. The highest BCUT2D eigenvalue weighted by molar-refractivity contribution is 8.01. The smallest absolute Gasteiger partial charge is 0.330 e. The molecule has 2 N–H and O–H groups in total. The van der Waals surface area contributed by atoms with E-state index in [-0.39, 0.29) is 13.2 Å². The van der Waals surface area contributed by atoms with E-state index in [1.54, 1.807) is 24.3 Å². The minimum atomic E-state index is -1.51. The maximum absolute atomic E-state index is 13.2. The summed E-state index contributed by atoms with van der Waals surface area (Å²) < 4.78 is 10.3. The Balaban J connectivity index is 1.43. The molecule has 0 spiro atoms.